The van der Waals surface area contributed by atoms with Gasteiger partial charge >= 0.3 is 0 Å². The molecule has 0 aliphatic carbocycles. The zero-order valence-corrected chi connectivity index (χ0v) is 11.7. The molecule has 1 aromatic rings. The third-order valence-electron chi connectivity index (χ3n) is 2.56. The van der Waals surface area contributed by atoms with Crippen molar-refractivity contribution in [1.29, 1.82) is 0 Å². The third-order valence-corrected chi connectivity index (χ3v) is 3.49. The van der Waals surface area contributed by atoms with Gasteiger partial charge in [0.2, 0.25) is 10.0 Å². The molecule has 106 valence electrons. The molecule has 0 atom stereocenters. The molecule has 0 aliphatic rings. The van der Waals surface area contributed by atoms with E-state index < -0.39 is 10.0 Å². The Morgan fingerprint density at radius 1 is 1.32 bits per heavy atom. The van der Waals surface area contributed by atoms with E-state index in [1.54, 1.807) is 0 Å². The summed E-state index contributed by atoms with van der Waals surface area (Å²) in [5, 5.41) is 9.62. The van der Waals surface area contributed by atoms with Crippen molar-refractivity contribution in [3.05, 3.63) is 24.3 Å². The molecule has 0 heterocycles. The quantitative estimate of drug-likeness (QED) is 0.596. The molecule has 5 N–H and O–H groups in total. The molecular formula is C12H20N3O3S+. The van der Waals surface area contributed by atoms with Gasteiger partial charge in [-0.1, -0.05) is 13.3 Å². The lowest BCUT2D eigenvalue weighted by Crippen LogP contribution is -2.86. The summed E-state index contributed by atoms with van der Waals surface area (Å²) in [4.78, 5) is 11.6. The van der Waals surface area contributed by atoms with E-state index in [0.29, 0.717) is 12.2 Å². The van der Waals surface area contributed by atoms with Crippen LogP contribution >= 0.6 is 0 Å². The fraction of sp³-hybridized carbons (Fsp3) is 0.417. The average molecular weight is 286 g/mol. The van der Waals surface area contributed by atoms with Crippen LogP contribution in [0.5, 0.6) is 0 Å². The van der Waals surface area contributed by atoms with Gasteiger partial charge in [-0.15, -0.1) is 0 Å². The second-order valence-corrected chi connectivity index (χ2v) is 5.81. The number of anilines is 1. The highest BCUT2D eigenvalue weighted by Crippen LogP contribution is 2.12. The van der Waals surface area contributed by atoms with Crippen LogP contribution in [0.1, 0.15) is 19.8 Å². The van der Waals surface area contributed by atoms with E-state index in [-0.39, 0.29) is 10.8 Å². The highest BCUT2D eigenvalue weighted by Gasteiger charge is 2.08. The number of nitrogens with one attached hydrogen (secondary N) is 1. The van der Waals surface area contributed by atoms with Crippen molar-refractivity contribution in [1.82, 2.24) is 0 Å². The van der Waals surface area contributed by atoms with Crippen molar-refractivity contribution >= 4 is 21.6 Å². The fourth-order valence-corrected chi connectivity index (χ4v) is 2.04. The molecule has 0 unspecified atom stereocenters. The number of carbonyl (C=O) groups is 1. The first-order valence-corrected chi connectivity index (χ1v) is 7.72. The summed E-state index contributed by atoms with van der Waals surface area (Å²) in [5.41, 5.74) is 0.557. The number of rotatable bonds is 7. The van der Waals surface area contributed by atoms with Crippen LogP contribution in [0.15, 0.2) is 29.2 Å². The van der Waals surface area contributed by atoms with Crippen molar-refractivity contribution < 1.29 is 18.5 Å². The Morgan fingerprint density at radius 3 is 2.47 bits per heavy atom. The number of sulfonamides is 1. The van der Waals surface area contributed by atoms with Gasteiger partial charge in [-0.3, -0.25) is 4.79 Å². The summed E-state index contributed by atoms with van der Waals surface area (Å²) in [5.74, 6) is -0.112. The van der Waals surface area contributed by atoms with Crippen LogP contribution < -0.4 is 15.8 Å². The average Bonchev–Trinajstić information content (AvgIpc) is 2.34. The standard InChI is InChI=1S/C12H19N3O3S/c1-2-3-8-14-9-12(16)15-10-4-6-11(7-5-10)19(13,17)18/h4-7,14H,2-3,8-9H2,1H3,(H,15,16)(H2,13,17,18)/p+1. The number of quaternary nitrogens is 1. The van der Waals surface area contributed by atoms with Gasteiger partial charge in [0.05, 0.1) is 11.4 Å². The molecule has 6 nitrogen and oxygen atoms in total. The van der Waals surface area contributed by atoms with Crippen LogP contribution in [0.2, 0.25) is 0 Å². The number of hydrogen-bond donors (Lipinski definition) is 3. The Labute approximate surface area is 113 Å². The second kappa shape index (κ2) is 7.22. The molecule has 0 spiro atoms. The Morgan fingerprint density at radius 2 is 1.95 bits per heavy atom. The largest absolute Gasteiger partial charge is 0.338 e. The Bertz CT molecular complexity index is 512. The summed E-state index contributed by atoms with van der Waals surface area (Å²) in [7, 11) is -3.69. The van der Waals surface area contributed by atoms with Crippen molar-refractivity contribution in [3.8, 4) is 0 Å². The molecule has 19 heavy (non-hydrogen) atoms. The topological polar surface area (TPSA) is 106 Å². The fourth-order valence-electron chi connectivity index (χ4n) is 1.52. The van der Waals surface area contributed by atoms with Crippen LogP contribution in [0.25, 0.3) is 0 Å². The minimum absolute atomic E-state index is 0.0278. The lowest BCUT2D eigenvalue weighted by molar-refractivity contribution is -0.643. The minimum atomic E-state index is -3.69. The first-order chi connectivity index (χ1) is 8.93. The normalized spacial score (nSPS) is 11.3. The Kier molecular flexibility index (Phi) is 5.94. The van der Waals surface area contributed by atoms with Gasteiger partial charge < -0.3 is 10.6 Å². The van der Waals surface area contributed by atoms with Gasteiger partial charge in [-0.2, -0.15) is 0 Å². The second-order valence-electron chi connectivity index (χ2n) is 4.25. The van der Waals surface area contributed by atoms with Gasteiger partial charge in [0.1, 0.15) is 0 Å². The van der Waals surface area contributed by atoms with E-state index in [1.165, 1.54) is 24.3 Å². The molecule has 1 rings (SSSR count). The zero-order chi connectivity index (χ0) is 14.3. The van der Waals surface area contributed by atoms with Crippen LogP contribution in [0.3, 0.4) is 0 Å². The van der Waals surface area contributed by atoms with Crippen LogP contribution in [-0.4, -0.2) is 27.4 Å². The lowest BCUT2D eigenvalue weighted by atomic mass is 10.3. The van der Waals surface area contributed by atoms with E-state index >= 15 is 0 Å². The molecule has 1 aromatic carbocycles. The third kappa shape index (κ3) is 5.82. The van der Waals surface area contributed by atoms with Gasteiger partial charge in [0, 0.05) is 5.69 Å². The molecule has 0 saturated carbocycles. The van der Waals surface area contributed by atoms with Gasteiger partial charge in [0.25, 0.3) is 5.91 Å². The molecule has 0 bridgehead atoms. The van der Waals surface area contributed by atoms with E-state index in [9.17, 15) is 13.2 Å². The highest BCUT2D eigenvalue weighted by molar-refractivity contribution is 7.89. The molecule has 0 radical (unpaired) electrons. The van der Waals surface area contributed by atoms with Crippen molar-refractivity contribution in [2.24, 2.45) is 5.14 Å². The Hall–Kier alpha value is -1.44. The zero-order valence-electron chi connectivity index (χ0n) is 10.9. The number of primary sulfonamides is 1. The number of carbonyl (C=O) groups excluding carboxylic acids is 1. The summed E-state index contributed by atoms with van der Waals surface area (Å²) >= 11 is 0. The van der Waals surface area contributed by atoms with Crippen LogP contribution in [0, 0.1) is 0 Å². The number of nitrogens with two attached hydrogens (primary N) is 2. The van der Waals surface area contributed by atoms with E-state index in [1.807, 2.05) is 5.32 Å². The lowest BCUT2D eigenvalue weighted by Gasteiger charge is -2.05. The molecular weight excluding hydrogens is 266 g/mol. The van der Waals surface area contributed by atoms with E-state index in [0.717, 1.165) is 19.4 Å². The number of unbranched alkanes of at least 4 members (excludes halogenated alkanes) is 1. The smallest absolute Gasteiger partial charge is 0.279 e. The molecule has 1 amide bonds. The summed E-state index contributed by atoms with van der Waals surface area (Å²) in [6.45, 7) is 3.38. The van der Waals surface area contributed by atoms with E-state index in [2.05, 4.69) is 12.2 Å². The van der Waals surface area contributed by atoms with Gasteiger partial charge in [-0.05, 0) is 30.7 Å². The summed E-state index contributed by atoms with van der Waals surface area (Å²) in [6, 6.07) is 5.77. The van der Waals surface area contributed by atoms with Gasteiger partial charge in [0.15, 0.2) is 6.54 Å². The predicted molar refractivity (Wildman–Crippen MR) is 73.0 cm³/mol. The molecule has 0 saturated heterocycles. The van der Waals surface area contributed by atoms with Crippen molar-refractivity contribution in [2.45, 2.75) is 24.7 Å². The minimum Gasteiger partial charge on any atom is -0.338 e. The monoisotopic (exact) mass is 286 g/mol. The Balaban J connectivity index is 2.47. The number of benzene rings is 1. The van der Waals surface area contributed by atoms with Crippen molar-refractivity contribution in [2.75, 3.05) is 18.4 Å². The summed E-state index contributed by atoms with van der Waals surface area (Å²) in [6.07, 6.45) is 2.18. The maximum atomic E-state index is 11.6. The maximum Gasteiger partial charge on any atom is 0.279 e. The molecule has 0 fully saturated rings. The first kappa shape index (κ1) is 15.6. The molecule has 0 aliphatic heterocycles. The molecule has 0 aromatic heterocycles. The van der Waals surface area contributed by atoms with Crippen molar-refractivity contribution in [3.63, 3.8) is 0 Å². The maximum absolute atomic E-state index is 11.6. The van der Waals surface area contributed by atoms with Crippen LogP contribution in [0.4, 0.5) is 5.69 Å². The van der Waals surface area contributed by atoms with E-state index in [4.69, 9.17) is 5.14 Å². The first-order valence-electron chi connectivity index (χ1n) is 6.18. The number of amides is 1. The SMILES string of the molecule is CCCC[NH2+]CC(=O)Nc1ccc(S(N)(=O)=O)cc1. The molecule has 7 heteroatoms. The van der Waals surface area contributed by atoms with Crippen LogP contribution in [-0.2, 0) is 14.8 Å². The van der Waals surface area contributed by atoms with Gasteiger partial charge in [-0.25, -0.2) is 13.6 Å². The number of hydrogen-bond acceptors (Lipinski definition) is 3. The predicted octanol–water partition coefficient (Wildman–Crippen LogP) is -0.364. The highest BCUT2D eigenvalue weighted by atomic mass is 32.2. The summed E-state index contributed by atoms with van der Waals surface area (Å²) < 4.78 is 22.1.